The summed E-state index contributed by atoms with van der Waals surface area (Å²) in [4.78, 5) is 2.46. The van der Waals surface area contributed by atoms with Crippen LogP contribution in [-0.2, 0) is 5.41 Å². The Bertz CT molecular complexity index is 575. The number of β-amino-alcohol motifs (C(OH)–C–C–N with tert-alkyl or cyclic N) is 1. The lowest BCUT2D eigenvalue weighted by Crippen LogP contribution is -2.47. The lowest BCUT2D eigenvalue weighted by molar-refractivity contribution is 0.0329. The number of aryl methyl sites for hydroxylation is 1. The van der Waals surface area contributed by atoms with Crippen LogP contribution in [0.15, 0.2) is 18.2 Å². The predicted molar refractivity (Wildman–Crippen MR) is 95.6 cm³/mol. The summed E-state index contributed by atoms with van der Waals surface area (Å²) < 4.78 is 6.01. The van der Waals surface area contributed by atoms with Gasteiger partial charge in [0.2, 0.25) is 0 Å². The van der Waals surface area contributed by atoms with Crippen LogP contribution in [0.1, 0.15) is 36.8 Å². The molecule has 2 fully saturated rings. The number of rotatable bonds is 3. The fourth-order valence-electron chi connectivity index (χ4n) is 4.70. The number of hydrogen-bond acceptors (Lipinski definition) is 4. The number of benzene rings is 1. The summed E-state index contributed by atoms with van der Waals surface area (Å²) in [6, 6.07) is 6.66. The Hall–Kier alpha value is -1.10. The summed E-state index contributed by atoms with van der Waals surface area (Å²) in [6.07, 6.45) is 4.33. The molecule has 4 nitrogen and oxygen atoms in total. The third-order valence-electron chi connectivity index (χ3n) is 6.40. The first-order valence-corrected chi connectivity index (χ1v) is 9.51. The van der Waals surface area contributed by atoms with Crippen LogP contribution >= 0.6 is 0 Å². The minimum Gasteiger partial charge on any atom is -0.492 e. The molecular formula is C20H30N2O2. The van der Waals surface area contributed by atoms with Gasteiger partial charge in [-0.3, -0.25) is 0 Å². The first kappa shape index (κ1) is 16.4. The van der Waals surface area contributed by atoms with E-state index in [-0.39, 0.29) is 11.5 Å². The van der Waals surface area contributed by atoms with Crippen molar-refractivity contribution in [1.29, 1.82) is 0 Å². The van der Waals surface area contributed by atoms with Crippen molar-refractivity contribution in [2.45, 2.75) is 44.1 Å². The van der Waals surface area contributed by atoms with Crippen LogP contribution in [0.5, 0.6) is 5.75 Å². The summed E-state index contributed by atoms with van der Waals surface area (Å²) in [5, 5.41) is 14.0. The molecule has 132 valence electrons. The number of fused-ring (bicyclic) bond motifs is 2. The number of hydrogen-bond donors (Lipinski definition) is 2. The molecule has 4 heteroatoms. The molecule has 2 N–H and O–H groups in total. The van der Waals surface area contributed by atoms with E-state index in [1.54, 1.807) is 0 Å². The van der Waals surface area contributed by atoms with Crippen LogP contribution in [0, 0.1) is 12.8 Å². The summed E-state index contributed by atoms with van der Waals surface area (Å²) in [5.41, 5.74) is 2.89. The monoisotopic (exact) mass is 330 g/mol. The van der Waals surface area contributed by atoms with Crippen molar-refractivity contribution in [1.82, 2.24) is 10.2 Å². The summed E-state index contributed by atoms with van der Waals surface area (Å²) >= 11 is 0. The van der Waals surface area contributed by atoms with Crippen LogP contribution in [0.25, 0.3) is 0 Å². The highest BCUT2D eigenvalue weighted by Crippen LogP contribution is 2.45. The van der Waals surface area contributed by atoms with Gasteiger partial charge in [0.05, 0.1) is 12.7 Å². The van der Waals surface area contributed by atoms with Crippen LogP contribution < -0.4 is 10.1 Å². The van der Waals surface area contributed by atoms with Gasteiger partial charge in [-0.05, 0) is 76.3 Å². The first-order valence-electron chi connectivity index (χ1n) is 9.51. The van der Waals surface area contributed by atoms with Gasteiger partial charge in [-0.25, -0.2) is 0 Å². The third-order valence-corrected chi connectivity index (χ3v) is 6.40. The fraction of sp³-hybridized carbons (Fsp3) is 0.700. The normalized spacial score (nSPS) is 25.4. The maximum absolute atomic E-state index is 10.6. The Balaban J connectivity index is 1.36. The minimum atomic E-state index is -0.170. The molecule has 0 aliphatic carbocycles. The Morgan fingerprint density at radius 2 is 2.04 bits per heavy atom. The molecule has 0 radical (unpaired) electrons. The second kappa shape index (κ2) is 6.66. The standard InChI is InChI=1S/C20H30N2O2/c1-15-2-3-17-19(12-15)24-14-20(17)6-10-22(11-7-20)13-18(23)16-4-8-21-9-5-16/h2-3,12,16,18,21,23H,4-11,13-14H2,1H3. The van der Waals surface area contributed by atoms with Crippen molar-refractivity contribution in [3.8, 4) is 5.75 Å². The zero-order valence-electron chi connectivity index (χ0n) is 14.8. The molecule has 0 bridgehead atoms. The number of nitrogens with zero attached hydrogens (tertiary/aromatic N) is 1. The highest BCUT2D eigenvalue weighted by Gasteiger charge is 2.43. The van der Waals surface area contributed by atoms with Crippen LogP contribution in [0.3, 0.4) is 0 Å². The molecule has 1 atom stereocenters. The largest absolute Gasteiger partial charge is 0.492 e. The molecule has 0 amide bonds. The van der Waals surface area contributed by atoms with E-state index in [2.05, 4.69) is 35.3 Å². The van der Waals surface area contributed by atoms with Gasteiger partial charge in [0, 0.05) is 17.5 Å². The molecule has 24 heavy (non-hydrogen) atoms. The Morgan fingerprint density at radius 3 is 2.79 bits per heavy atom. The van der Waals surface area contributed by atoms with Crippen LogP contribution in [0.2, 0.25) is 0 Å². The molecule has 1 aromatic rings. The van der Waals surface area contributed by atoms with Gasteiger partial charge >= 0.3 is 0 Å². The lowest BCUT2D eigenvalue weighted by Gasteiger charge is -2.40. The number of nitrogens with one attached hydrogen (secondary N) is 1. The molecule has 4 rings (SSSR count). The highest BCUT2D eigenvalue weighted by molar-refractivity contribution is 5.46. The van der Waals surface area contributed by atoms with E-state index in [1.807, 2.05) is 0 Å². The first-order chi connectivity index (χ1) is 11.7. The molecule has 3 heterocycles. The van der Waals surface area contributed by atoms with Gasteiger partial charge in [-0.2, -0.15) is 0 Å². The Labute approximate surface area is 145 Å². The lowest BCUT2D eigenvalue weighted by atomic mass is 9.74. The topological polar surface area (TPSA) is 44.7 Å². The van der Waals surface area contributed by atoms with Gasteiger partial charge in [-0.15, -0.1) is 0 Å². The van der Waals surface area contributed by atoms with Gasteiger partial charge in [-0.1, -0.05) is 12.1 Å². The fourth-order valence-corrected chi connectivity index (χ4v) is 4.70. The molecule has 0 aromatic heterocycles. The minimum absolute atomic E-state index is 0.170. The van der Waals surface area contributed by atoms with Crippen molar-refractivity contribution >= 4 is 0 Å². The van der Waals surface area contributed by atoms with E-state index >= 15 is 0 Å². The number of aliphatic hydroxyl groups excluding tert-OH is 1. The van der Waals surface area contributed by atoms with Gasteiger partial charge in [0.15, 0.2) is 0 Å². The number of ether oxygens (including phenoxy) is 1. The van der Waals surface area contributed by atoms with Crippen molar-refractivity contribution in [2.75, 3.05) is 39.3 Å². The maximum atomic E-state index is 10.6. The molecule has 3 aliphatic heterocycles. The molecule has 0 saturated carbocycles. The Morgan fingerprint density at radius 1 is 1.29 bits per heavy atom. The molecule has 1 spiro atoms. The summed E-state index contributed by atoms with van der Waals surface area (Å²) in [7, 11) is 0. The van der Waals surface area contributed by atoms with E-state index in [4.69, 9.17) is 4.74 Å². The average molecular weight is 330 g/mol. The maximum Gasteiger partial charge on any atom is 0.123 e. The third kappa shape index (κ3) is 3.07. The second-order valence-electron chi connectivity index (χ2n) is 8.02. The number of piperidine rings is 2. The highest BCUT2D eigenvalue weighted by atomic mass is 16.5. The van der Waals surface area contributed by atoms with E-state index in [1.165, 1.54) is 11.1 Å². The van der Waals surface area contributed by atoms with Gasteiger partial charge in [0.25, 0.3) is 0 Å². The van der Waals surface area contributed by atoms with Gasteiger partial charge in [0.1, 0.15) is 5.75 Å². The van der Waals surface area contributed by atoms with Crippen molar-refractivity contribution in [2.24, 2.45) is 5.92 Å². The zero-order valence-corrected chi connectivity index (χ0v) is 14.8. The van der Waals surface area contributed by atoms with Crippen molar-refractivity contribution in [3.05, 3.63) is 29.3 Å². The number of aliphatic hydroxyl groups is 1. The summed E-state index contributed by atoms with van der Waals surface area (Å²) in [5.74, 6) is 1.57. The molecule has 1 aromatic carbocycles. The van der Waals surface area contributed by atoms with Crippen LogP contribution in [0.4, 0.5) is 0 Å². The van der Waals surface area contributed by atoms with Crippen LogP contribution in [-0.4, -0.2) is 55.4 Å². The van der Waals surface area contributed by atoms with Crippen molar-refractivity contribution < 1.29 is 9.84 Å². The van der Waals surface area contributed by atoms with Gasteiger partial charge < -0.3 is 20.1 Å². The van der Waals surface area contributed by atoms with E-state index in [0.29, 0.717) is 5.92 Å². The Kier molecular flexibility index (Phi) is 4.54. The van der Waals surface area contributed by atoms with Crippen molar-refractivity contribution in [3.63, 3.8) is 0 Å². The average Bonchev–Trinajstić information content (AvgIpc) is 2.95. The molecule has 3 aliphatic rings. The molecular weight excluding hydrogens is 300 g/mol. The summed E-state index contributed by atoms with van der Waals surface area (Å²) in [6.45, 7) is 8.03. The molecule has 1 unspecified atom stereocenters. The van der Waals surface area contributed by atoms with E-state index in [9.17, 15) is 5.11 Å². The molecule has 2 saturated heterocycles. The number of likely N-dealkylation sites (tertiary alicyclic amines) is 1. The zero-order chi connectivity index (χ0) is 16.6. The SMILES string of the molecule is Cc1ccc2c(c1)OCC21CCN(CC(O)C2CCNCC2)CC1. The second-order valence-corrected chi connectivity index (χ2v) is 8.02. The predicted octanol–water partition coefficient (Wildman–Crippen LogP) is 2.08. The smallest absolute Gasteiger partial charge is 0.123 e. The quantitative estimate of drug-likeness (QED) is 0.891. The van der Waals surface area contributed by atoms with E-state index in [0.717, 1.165) is 70.8 Å². The van der Waals surface area contributed by atoms with E-state index < -0.39 is 0 Å².